The smallest absolute Gasteiger partial charge is 0.263 e. The van der Waals surface area contributed by atoms with Crippen molar-refractivity contribution >= 4 is 33.0 Å². The van der Waals surface area contributed by atoms with Crippen molar-refractivity contribution in [3.8, 4) is 0 Å². The number of fused-ring (bicyclic) bond motifs is 1. The highest BCUT2D eigenvalue weighted by Crippen LogP contribution is 2.45. The van der Waals surface area contributed by atoms with E-state index in [1.54, 1.807) is 6.07 Å². The Kier molecular flexibility index (Phi) is 2.92. The van der Waals surface area contributed by atoms with E-state index in [2.05, 4.69) is 5.32 Å². The first-order valence-corrected chi connectivity index (χ1v) is 8.23. The molecule has 1 aromatic heterocycles. The lowest BCUT2D eigenvalue weighted by Crippen LogP contribution is -2.37. The van der Waals surface area contributed by atoms with Crippen molar-refractivity contribution in [2.24, 2.45) is 11.8 Å². The number of thiophene rings is 1. The van der Waals surface area contributed by atoms with Crippen LogP contribution in [0.25, 0.3) is 10.1 Å². The van der Waals surface area contributed by atoms with Crippen LogP contribution in [0, 0.1) is 17.7 Å². The van der Waals surface area contributed by atoms with Crippen LogP contribution in [0.3, 0.4) is 0 Å². The first-order valence-electron chi connectivity index (χ1n) is 7.42. The zero-order chi connectivity index (χ0) is 14.6. The molecule has 1 heterocycles. The molecule has 3 N–H and O–H groups in total. The minimum atomic E-state index is -0.326. The van der Waals surface area contributed by atoms with Gasteiger partial charge in [-0.25, -0.2) is 4.39 Å². The number of carbonyl (C=O) groups is 1. The fraction of sp³-hybridized carbons (Fsp3) is 0.438. The molecule has 0 radical (unpaired) electrons. The molecular formula is C16H17FN2OS. The predicted molar refractivity (Wildman–Crippen MR) is 82.9 cm³/mol. The summed E-state index contributed by atoms with van der Waals surface area (Å²) in [5.41, 5.74) is 6.45. The number of anilines is 1. The number of nitrogens with two attached hydrogens (primary N) is 1. The van der Waals surface area contributed by atoms with Gasteiger partial charge in [-0.2, -0.15) is 0 Å². The SMILES string of the molecule is Nc1c(C(=O)NC(C2CC2)C2CC2)sc2ccc(F)cc12. The monoisotopic (exact) mass is 304 g/mol. The van der Waals surface area contributed by atoms with Gasteiger partial charge < -0.3 is 11.1 Å². The molecule has 0 spiro atoms. The second-order valence-electron chi connectivity index (χ2n) is 6.16. The summed E-state index contributed by atoms with van der Waals surface area (Å²) in [6.07, 6.45) is 4.87. The number of carbonyl (C=O) groups excluding carboxylic acids is 1. The molecule has 5 heteroatoms. The Hall–Kier alpha value is -1.62. The van der Waals surface area contributed by atoms with Crippen molar-refractivity contribution in [3.63, 3.8) is 0 Å². The summed E-state index contributed by atoms with van der Waals surface area (Å²) in [6.45, 7) is 0. The zero-order valence-corrected chi connectivity index (χ0v) is 12.4. The van der Waals surface area contributed by atoms with E-state index in [-0.39, 0.29) is 11.7 Å². The van der Waals surface area contributed by atoms with E-state index in [0.717, 1.165) is 4.70 Å². The number of hydrogen-bond donors (Lipinski definition) is 2. The Labute approximate surface area is 126 Å². The number of nitrogens with one attached hydrogen (secondary N) is 1. The molecule has 2 aliphatic carbocycles. The average Bonchev–Trinajstić information content (AvgIpc) is 3.36. The summed E-state index contributed by atoms with van der Waals surface area (Å²) in [5.74, 6) is 0.870. The van der Waals surface area contributed by atoms with Gasteiger partial charge in [-0.3, -0.25) is 4.79 Å². The molecule has 3 nitrogen and oxygen atoms in total. The van der Waals surface area contributed by atoms with Crippen molar-refractivity contribution in [1.29, 1.82) is 0 Å². The maximum absolute atomic E-state index is 13.3. The van der Waals surface area contributed by atoms with Gasteiger partial charge >= 0.3 is 0 Å². The minimum Gasteiger partial charge on any atom is -0.397 e. The molecule has 0 unspecified atom stereocenters. The van der Waals surface area contributed by atoms with E-state index >= 15 is 0 Å². The Balaban J connectivity index is 1.62. The van der Waals surface area contributed by atoms with Crippen LogP contribution in [0.15, 0.2) is 18.2 Å². The molecule has 21 heavy (non-hydrogen) atoms. The van der Waals surface area contributed by atoms with Crippen molar-refractivity contribution in [1.82, 2.24) is 5.32 Å². The molecule has 2 saturated carbocycles. The quantitative estimate of drug-likeness (QED) is 0.907. The Morgan fingerprint density at radius 3 is 2.57 bits per heavy atom. The van der Waals surface area contributed by atoms with Gasteiger partial charge in [0, 0.05) is 16.1 Å². The molecule has 0 atom stereocenters. The Morgan fingerprint density at radius 1 is 1.29 bits per heavy atom. The van der Waals surface area contributed by atoms with Gasteiger partial charge in [-0.1, -0.05) is 0 Å². The van der Waals surface area contributed by atoms with Gasteiger partial charge in [0.05, 0.1) is 5.69 Å². The van der Waals surface area contributed by atoms with Gasteiger partial charge in [-0.15, -0.1) is 11.3 Å². The largest absolute Gasteiger partial charge is 0.397 e. The maximum Gasteiger partial charge on any atom is 0.263 e. The number of nitrogen functional groups attached to an aromatic ring is 1. The van der Waals surface area contributed by atoms with E-state index in [1.165, 1.54) is 49.2 Å². The standard InChI is InChI=1S/C16H17FN2OS/c17-10-5-6-12-11(7-10)13(18)15(21-12)16(20)19-14(8-1-2-8)9-3-4-9/h5-9,14H,1-4,18H2,(H,19,20). The van der Waals surface area contributed by atoms with Crippen LogP contribution in [-0.2, 0) is 0 Å². The molecule has 1 aromatic carbocycles. The summed E-state index contributed by atoms with van der Waals surface area (Å²) in [5, 5.41) is 3.81. The summed E-state index contributed by atoms with van der Waals surface area (Å²) in [6, 6.07) is 4.79. The second kappa shape index (κ2) is 4.70. The van der Waals surface area contributed by atoms with Crippen LogP contribution in [0.5, 0.6) is 0 Å². The highest BCUT2D eigenvalue weighted by Gasteiger charge is 2.42. The third kappa shape index (κ3) is 2.39. The fourth-order valence-corrected chi connectivity index (χ4v) is 4.01. The third-order valence-corrected chi connectivity index (χ3v) is 5.64. The van der Waals surface area contributed by atoms with Gasteiger partial charge in [-0.05, 0) is 55.7 Å². The average molecular weight is 304 g/mol. The van der Waals surface area contributed by atoms with Crippen LogP contribution in [0.2, 0.25) is 0 Å². The molecule has 2 fully saturated rings. The summed E-state index contributed by atoms with van der Waals surface area (Å²) in [7, 11) is 0. The van der Waals surface area contributed by atoms with Gasteiger partial charge in [0.1, 0.15) is 10.7 Å². The third-order valence-electron chi connectivity index (χ3n) is 4.45. The summed E-state index contributed by atoms with van der Waals surface area (Å²) >= 11 is 1.34. The molecule has 0 bridgehead atoms. The van der Waals surface area contributed by atoms with Gasteiger partial charge in [0.2, 0.25) is 0 Å². The van der Waals surface area contributed by atoms with E-state index in [1.807, 2.05) is 0 Å². The lowest BCUT2D eigenvalue weighted by atomic mass is 10.1. The van der Waals surface area contributed by atoms with E-state index in [4.69, 9.17) is 5.73 Å². The molecule has 1 amide bonds. The Morgan fingerprint density at radius 2 is 1.95 bits per heavy atom. The van der Waals surface area contributed by atoms with Gasteiger partial charge in [0.25, 0.3) is 5.91 Å². The van der Waals surface area contributed by atoms with Crippen molar-refractivity contribution in [2.75, 3.05) is 5.73 Å². The number of hydrogen-bond acceptors (Lipinski definition) is 3. The van der Waals surface area contributed by atoms with Gasteiger partial charge in [0.15, 0.2) is 0 Å². The summed E-state index contributed by atoms with van der Waals surface area (Å²) in [4.78, 5) is 13.0. The molecule has 2 aliphatic rings. The molecule has 0 aliphatic heterocycles. The van der Waals surface area contributed by atoms with Crippen molar-refractivity contribution in [2.45, 2.75) is 31.7 Å². The molecule has 0 saturated heterocycles. The zero-order valence-electron chi connectivity index (χ0n) is 11.6. The van der Waals surface area contributed by atoms with Crippen LogP contribution in [-0.4, -0.2) is 11.9 Å². The Bertz CT molecular complexity index is 706. The van der Waals surface area contributed by atoms with Crippen LogP contribution in [0.4, 0.5) is 10.1 Å². The van der Waals surface area contributed by atoms with Crippen molar-refractivity contribution < 1.29 is 9.18 Å². The summed E-state index contributed by atoms with van der Waals surface area (Å²) < 4.78 is 14.2. The topological polar surface area (TPSA) is 55.1 Å². The van der Waals surface area contributed by atoms with Crippen molar-refractivity contribution in [3.05, 3.63) is 28.9 Å². The first kappa shape index (κ1) is 13.1. The second-order valence-corrected chi connectivity index (χ2v) is 7.21. The van der Waals surface area contributed by atoms with Crippen LogP contribution in [0.1, 0.15) is 35.4 Å². The van der Waals surface area contributed by atoms with E-state index in [0.29, 0.717) is 33.8 Å². The van der Waals surface area contributed by atoms with Crippen LogP contribution >= 0.6 is 11.3 Å². The molecule has 2 aromatic rings. The molecule has 4 rings (SSSR count). The highest BCUT2D eigenvalue weighted by molar-refractivity contribution is 7.21. The number of benzene rings is 1. The number of halogens is 1. The molecular weight excluding hydrogens is 287 g/mol. The number of amides is 1. The van der Waals surface area contributed by atoms with E-state index < -0.39 is 0 Å². The number of rotatable bonds is 4. The maximum atomic E-state index is 13.3. The first-order chi connectivity index (χ1) is 10.1. The normalized spacial score (nSPS) is 18.4. The lowest BCUT2D eigenvalue weighted by molar-refractivity contribution is 0.0931. The lowest BCUT2D eigenvalue weighted by Gasteiger charge is -2.17. The molecule has 110 valence electrons. The predicted octanol–water partition coefficient (Wildman–Crippen LogP) is 3.54. The minimum absolute atomic E-state index is 0.0992. The fourth-order valence-electron chi connectivity index (χ4n) is 3.01. The van der Waals surface area contributed by atoms with Crippen LogP contribution < -0.4 is 11.1 Å². The highest BCUT2D eigenvalue weighted by atomic mass is 32.1. The van der Waals surface area contributed by atoms with E-state index in [9.17, 15) is 9.18 Å².